The van der Waals surface area contributed by atoms with Crippen molar-refractivity contribution in [2.24, 2.45) is 0 Å². The standard InChI is InChI=1S/C24H21N3OS/c1-17-10-9-15-21(16-17)27-18(2)25-26-24(27)29-23(20-13-7-4-8-14-20)22(28)19-11-5-3-6-12-19/h3-16,23H,1-2H3/t23-/m1/s1. The number of thioether (sulfide) groups is 1. The van der Waals surface area contributed by atoms with E-state index >= 15 is 0 Å². The summed E-state index contributed by atoms with van der Waals surface area (Å²) in [6.45, 7) is 3.98. The van der Waals surface area contributed by atoms with Crippen LogP contribution in [0.2, 0.25) is 0 Å². The number of hydrogen-bond acceptors (Lipinski definition) is 4. The molecule has 1 aromatic heterocycles. The maximum atomic E-state index is 13.4. The summed E-state index contributed by atoms with van der Waals surface area (Å²) in [5, 5.41) is 8.96. The second-order valence-electron chi connectivity index (χ2n) is 6.84. The molecule has 0 aliphatic carbocycles. The Morgan fingerprint density at radius 3 is 2.24 bits per heavy atom. The lowest BCUT2D eigenvalue weighted by molar-refractivity contribution is 0.0989. The predicted molar refractivity (Wildman–Crippen MR) is 117 cm³/mol. The highest BCUT2D eigenvalue weighted by Gasteiger charge is 2.26. The van der Waals surface area contributed by atoms with E-state index in [-0.39, 0.29) is 5.78 Å². The molecule has 1 atom stereocenters. The van der Waals surface area contributed by atoms with Crippen molar-refractivity contribution in [3.8, 4) is 5.69 Å². The minimum absolute atomic E-state index is 0.0539. The molecule has 0 bridgehead atoms. The SMILES string of the molecule is Cc1cccc(-n2c(C)nnc2S[C@@H](C(=O)c2ccccc2)c2ccccc2)c1. The Morgan fingerprint density at radius 1 is 0.862 bits per heavy atom. The molecule has 0 aliphatic rings. The zero-order valence-corrected chi connectivity index (χ0v) is 17.1. The van der Waals surface area contributed by atoms with Crippen LogP contribution in [0.5, 0.6) is 0 Å². The van der Waals surface area contributed by atoms with Crippen LogP contribution >= 0.6 is 11.8 Å². The largest absolute Gasteiger partial charge is 0.293 e. The first kappa shape index (κ1) is 19.2. The summed E-state index contributed by atoms with van der Waals surface area (Å²) >= 11 is 1.43. The van der Waals surface area contributed by atoms with Crippen molar-refractivity contribution in [2.45, 2.75) is 24.3 Å². The van der Waals surface area contributed by atoms with E-state index in [1.165, 1.54) is 11.8 Å². The molecule has 0 saturated carbocycles. The van der Waals surface area contributed by atoms with Gasteiger partial charge < -0.3 is 0 Å². The molecule has 0 amide bonds. The van der Waals surface area contributed by atoms with Gasteiger partial charge in [0.25, 0.3) is 0 Å². The molecule has 29 heavy (non-hydrogen) atoms. The van der Waals surface area contributed by atoms with Crippen LogP contribution in [-0.4, -0.2) is 20.5 Å². The number of aromatic nitrogens is 3. The molecular formula is C24H21N3OS. The fourth-order valence-corrected chi connectivity index (χ4v) is 4.42. The van der Waals surface area contributed by atoms with Gasteiger partial charge in [-0.2, -0.15) is 0 Å². The number of hydrogen-bond donors (Lipinski definition) is 0. The minimum Gasteiger partial charge on any atom is -0.293 e. The Balaban J connectivity index is 1.76. The third-order valence-corrected chi connectivity index (χ3v) is 5.87. The van der Waals surface area contributed by atoms with E-state index in [4.69, 9.17) is 0 Å². The third kappa shape index (κ3) is 4.15. The molecule has 0 spiro atoms. The highest BCUT2D eigenvalue weighted by molar-refractivity contribution is 8.00. The van der Waals surface area contributed by atoms with Gasteiger partial charge in [-0.15, -0.1) is 10.2 Å². The number of rotatable bonds is 6. The first-order valence-corrected chi connectivity index (χ1v) is 10.3. The topological polar surface area (TPSA) is 47.8 Å². The Kier molecular flexibility index (Phi) is 5.58. The van der Waals surface area contributed by atoms with Crippen molar-refractivity contribution in [2.75, 3.05) is 0 Å². The average Bonchev–Trinajstić information content (AvgIpc) is 3.13. The van der Waals surface area contributed by atoms with E-state index in [0.29, 0.717) is 10.7 Å². The molecule has 4 nitrogen and oxygen atoms in total. The van der Waals surface area contributed by atoms with Gasteiger partial charge in [-0.3, -0.25) is 9.36 Å². The Bertz CT molecular complexity index is 1120. The lowest BCUT2D eigenvalue weighted by atomic mass is 10.0. The minimum atomic E-state index is -0.411. The highest BCUT2D eigenvalue weighted by atomic mass is 32.2. The lowest BCUT2D eigenvalue weighted by Crippen LogP contribution is -2.11. The van der Waals surface area contributed by atoms with Crippen LogP contribution in [0.4, 0.5) is 0 Å². The summed E-state index contributed by atoms with van der Waals surface area (Å²) in [7, 11) is 0. The van der Waals surface area contributed by atoms with Crippen molar-refractivity contribution in [3.05, 3.63) is 107 Å². The fourth-order valence-electron chi connectivity index (χ4n) is 3.24. The number of carbonyl (C=O) groups is 1. The summed E-state index contributed by atoms with van der Waals surface area (Å²) in [5.41, 5.74) is 3.79. The van der Waals surface area contributed by atoms with Gasteiger partial charge in [-0.05, 0) is 37.1 Å². The molecule has 0 unspecified atom stereocenters. The van der Waals surface area contributed by atoms with Gasteiger partial charge in [-0.1, -0.05) is 84.6 Å². The van der Waals surface area contributed by atoms with Gasteiger partial charge in [-0.25, -0.2) is 0 Å². The maximum absolute atomic E-state index is 13.4. The smallest absolute Gasteiger partial charge is 0.196 e. The fraction of sp³-hybridized carbons (Fsp3) is 0.125. The molecule has 1 heterocycles. The van der Waals surface area contributed by atoms with Crippen LogP contribution in [0.3, 0.4) is 0 Å². The molecule has 0 N–H and O–H groups in total. The summed E-state index contributed by atoms with van der Waals surface area (Å²) in [5.74, 6) is 0.843. The molecular weight excluding hydrogens is 378 g/mol. The zero-order valence-electron chi connectivity index (χ0n) is 16.3. The van der Waals surface area contributed by atoms with Gasteiger partial charge in [0.15, 0.2) is 10.9 Å². The first-order valence-electron chi connectivity index (χ1n) is 9.43. The van der Waals surface area contributed by atoms with Crippen LogP contribution in [0.25, 0.3) is 5.69 Å². The summed E-state index contributed by atoms with van der Waals surface area (Å²) < 4.78 is 2.01. The summed E-state index contributed by atoms with van der Waals surface area (Å²) in [4.78, 5) is 13.4. The van der Waals surface area contributed by atoms with E-state index in [9.17, 15) is 4.79 Å². The predicted octanol–water partition coefficient (Wildman–Crippen LogP) is 5.60. The number of carbonyl (C=O) groups excluding carboxylic acids is 1. The van der Waals surface area contributed by atoms with Crippen molar-refractivity contribution >= 4 is 17.5 Å². The highest BCUT2D eigenvalue weighted by Crippen LogP contribution is 2.38. The molecule has 4 rings (SSSR count). The Hall–Kier alpha value is -3.18. The average molecular weight is 400 g/mol. The van der Waals surface area contributed by atoms with Gasteiger partial charge >= 0.3 is 0 Å². The number of benzene rings is 3. The normalized spacial score (nSPS) is 11.9. The molecule has 0 radical (unpaired) electrons. The molecule has 0 fully saturated rings. The molecule has 5 heteroatoms. The van der Waals surface area contributed by atoms with Crippen LogP contribution in [0.1, 0.15) is 32.6 Å². The van der Waals surface area contributed by atoms with Crippen molar-refractivity contribution in [1.29, 1.82) is 0 Å². The quantitative estimate of drug-likeness (QED) is 0.313. The van der Waals surface area contributed by atoms with Crippen LogP contribution in [0, 0.1) is 13.8 Å². The zero-order chi connectivity index (χ0) is 20.2. The van der Waals surface area contributed by atoms with E-state index in [0.717, 1.165) is 22.6 Å². The molecule has 4 aromatic rings. The van der Waals surface area contributed by atoms with E-state index in [1.54, 1.807) is 0 Å². The van der Waals surface area contributed by atoms with Gasteiger partial charge in [0.2, 0.25) is 0 Å². The van der Waals surface area contributed by atoms with Crippen molar-refractivity contribution < 1.29 is 4.79 Å². The Labute approximate surface area is 174 Å². The number of Topliss-reactive ketones (excluding diaryl/α,β-unsaturated/α-hetero) is 1. The van der Waals surface area contributed by atoms with Crippen LogP contribution in [-0.2, 0) is 0 Å². The summed E-state index contributed by atoms with van der Waals surface area (Å²) in [6, 6.07) is 27.4. The number of aryl methyl sites for hydroxylation is 2. The second-order valence-corrected chi connectivity index (χ2v) is 7.92. The number of nitrogens with zero attached hydrogens (tertiary/aromatic N) is 3. The van der Waals surface area contributed by atoms with Gasteiger partial charge in [0, 0.05) is 11.3 Å². The maximum Gasteiger partial charge on any atom is 0.196 e. The second kappa shape index (κ2) is 8.45. The van der Waals surface area contributed by atoms with E-state index in [1.807, 2.05) is 84.3 Å². The molecule has 144 valence electrons. The van der Waals surface area contributed by atoms with E-state index in [2.05, 4.69) is 29.3 Å². The van der Waals surface area contributed by atoms with Crippen molar-refractivity contribution in [3.63, 3.8) is 0 Å². The van der Waals surface area contributed by atoms with Gasteiger partial charge in [0.1, 0.15) is 11.1 Å². The van der Waals surface area contributed by atoms with Crippen LogP contribution in [0.15, 0.2) is 90.1 Å². The molecule has 0 aliphatic heterocycles. The first-order chi connectivity index (χ1) is 14.1. The Morgan fingerprint density at radius 2 is 1.55 bits per heavy atom. The van der Waals surface area contributed by atoms with Crippen molar-refractivity contribution in [1.82, 2.24) is 14.8 Å². The van der Waals surface area contributed by atoms with Gasteiger partial charge in [0.05, 0.1) is 0 Å². The molecule has 0 saturated heterocycles. The monoisotopic (exact) mass is 399 g/mol. The lowest BCUT2D eigenvalue weighted by Gasteiger charge is -2.17. The molecule has 3 aromatic carbocycles. The van der Waals surface area contributed by atoms with Crippen LogP contribution < -0.4 is 0 Å². The van der Waals surface area contributed by atoms with E-state index < -0.39 is 5.25 Å². The third-order valence-electron chi connectivity index (χ3n) is 4.68. The summed E-state index contributed by atoms with van der Waals surface area (Å²) in [6.07, 6.45) is 0. The number of ketones is 1.